The van der Waals surface area contributed by atoms with Gasteiger partial charge in [0.05, 0.1) is 0 Å². The van der Waals surface area contributed by atoms with E-state index in [9.17, 15) is 29.8 Å². The molecule has 0 radical (unpaired) electrons. The van der Waals surface area contributed by atoms with Gasteiger partial charge in [0.15, 0.2) is 0 Å². The molecule has 0 aliphatic carbocycles. The minimum atomic E-state index is -0.884. The van der Waals surface area contributed by atoms with E-state index in [1.807, 2.05) is 0 Å². The Kier molecular flexibility index (Phi) is 19.8. The molecule has 2 aliphatic heterocycles. The summed E-state index contributed by atoms with van der Waals surface area (Å²) in [6.07, 6.45) is 3.92. The van der Waals surface area contributed by atoms with E-state index in [0.717, 1.165) is 25.9 Å². The van der Waals surface area contributed by atoms with Crippen molar-refractivity contribution in [1.29, 1.82) is 0 Å². The fourth-order valence-corrected chi connectivity index (χ4v) is 2.62. The summed E-state index contributed by atoms with van der Waals surface area (Å²) in [5.41, 5.74) is 0.686. The van der Waals surface area contributed by atoms with E-state index in [1.54, 1.807) is 6.08 Å². The van der Waals surface area contributed by atoms with Gasteiger partial charge in [0.25, 0.3) is 10.2 Å². The number of hydrogen-bond acceptors (Lipinski definition) is 8. The second-order valence-corrected chi connectivity index (χ2v) is 9.54. The maximum absolute atomic E-state index is 11.5. The topological polar surface area (TPSA) is 191 Å². The van der Waals surface area contributed by atoms with Crippen molar-refractivity contribution in [2.75, 3.05) is 52.5 Å². The molecule has 0 unspecified atom stereocenters. The van der Waals surface area contributed by atoms with Crippen LogP contribution in [0.15, 0.2) is 11.6 Å². The molecule has 2 heterocycles. The zero-order chi connectivity index (χ0) is 24.9. The van der Waals surface area contributed by atoms with Gasteiger partial charge in [-0.3, -0.25) is 9.59 Å². The van der Waals surface area contributed by atoms with Crippen molar-refractivity contribution in [2.45, 2.75) is 19.3 Å². The third-order valence-electron chi connectivity index (χ3n) is 4.12. The Balaban J connectivity index is 0.000000555. The van der Waals surface area contributed by atoms with Gasteiger partial charge in [-0.2, -0.15) is 0 Å². The van der Waals surface area contributed by atoms with Crippen molar-refractivity contribution in [3.8, 4) is 0 Å². The van der Waals surface area contributed by atoms with Crippen LogP contribution in [0.5, 0.6) is 0 Å². The van der Waals surface area contributed by atoms with Crippen molar-refractivity contribution >= 4 is 30.7 Å². The Labute approximate surface area is 207 Å². The molecule has 0 atom stereocenters. The molecular weight excluding hydrogens is 670 g/mol. The first-order chi connectivity index (χ1) is 15.8. The van der Waals surface area contributed by atoms with Gasteiger partial charge in [-0.05, 0) is 6.42 Å². The van der Waals surface area contributed by atoms with Gasteiger partial charge in [-0.15, -0.1) is 46.4 Å². The van der Waals surface area contributed by atoms with Gasteiger partial charge in [0.2, 0.25) is 11.8 Å². The molecule has 2 rings (SSSR count). The molecule has 2 aliphatic rings. The molecule has 0 aromatic rings. The third kappa shape index (κ3) is 18.4. The van der Waals surface area contributed by atoms with Crippen LogP contribution in [-0.2, 0) is 35.7 Å². The van der Waals surface area contributed by atoms with E-state index in [1.165, 1.54) is 0 Å². The fraction of sp³-hybridized carbons (Fsp3) is 0.750. The predicted molar refractivity (Wildman–Crippen MR) is 115 cm³/mol. The number of halogens is 2. The van der Waals surface area contributed by atoms with E-state index in [-0.39, 0.29) is 44.0 Å². The Morgan fingerprint density at radius 3 is 2.06 bits per heavy atom. The van der Waals surface area contributed by atoms with E-state index in [0.29, 0.717) is 25.1 Å². The number of piperidine rings is 1. The normalized spacial score (nSPS) is 15.4. The Morgan fingerprint density at radius 1 is 1.03 bits per heavy atom. The number of nitrogens with zero attached hydrogens (tertiary/aromatic N) is 4. The Hall–Kier alpha value is -1.73. The molecule has 14 nitrogen and oxygen atoms in total. The SMILES string of the molecule is O=C(NCCO[N+](=O)[O-])C1=CC[N-]CC1.O=C(NCCO[N+](=O)[O-])C1CC[N-]CC1.[Cl][Pt+2][Cl]. The molecule has 2 N–H and O–H groups in total. The molecule has 0 aromatic carbocycles. The summed E-state index contributed by atoms with van der Waals surface area (Å²) in [5.74, 6) is -0.258. The average Bonchev–Trinajstić information content (AvgIpc) is 2.81. The van der Waals surface area contributed by atoms with Crippen molar-refractivity contribution in [3.63, 3.8) is 0 Å². The maximum atomic E-state index is 11.5. The van der Waals surface area contributed by atoms with Crippen LogP contribution in [0.2, 0.25) is 0 Å². The second-order valence-electron chi connectivity index (χ2n) is 6.26. The zero-order valence-electron chi connectivity index (χ0n) is 17.6. The first kappa shape index (κ1) is 31.3. The molecule has 17 heteroatoms. The predicted octanol–water partition coefficient (Wildman–Crippen LogP) is 1.49. The zero-order valence-corrected chi connectivity index (χ0v) is 21.3. The fourth-order valence-electron chi connectivity index (χ4n) is 2.62. The molecule has 2 amide bonds. The van der Waals surface area contributed by atoms with Crippen LogP contribution in [0.4, 0.5) is 0 Å². The third-order valence-corrected chi connectivity index (χ3v) is 4.12. The second kappa shape index (κ2) is 20.8. The van der Waals surface area contributed by atoms with E-state index >= 15 is 0 Å². The summed E-state index contributed by atoms with van der Waals surface area (Å²) in [7, 11) is 9.75. The van der Waals surface area contributed by atoms with E-state index in [4.69, 9.17) is 18.8 Å². The molecule has 0 aromatic heterocycles. The summed E-state index contributed by atoms with van der Waals surface area (Å²) in [6, 6.07) is 0. The summed E-state index contributed by atoms with van der Waals surface area (Å²) in [6.45, 7) is 2.75. The molecule has 33 heavy (non-hydrogen) atoms. The van der Waals surface area contributed by atoms with Gasteiger partial charge in [0.1, 0.15) is 13.2 Å². The Morgan fingerprint density at radius 2 is 1.58 bits per heavy atom. The van der Waals surface area contributed by atoms with Gasteiger partial charge < -0.3 is 30.9 Å². The number of amides is 2. The summed E-state index contributed by atoms with van der Waals surface area (Å²) >= 11 is -0.472. The van der Waals surface area contributed by atoms with Crippen LogP contribution in [-0.4, -0.2) is 74.5 Å². The monoisotopic (exact) mass is 695 g/mol. The minimum absolute atomic E-state index is 0.00175. The van der Waals surface area contributed by atoms with Crippen LogP contribution in [0.25, 0.3) is 10.6 Å². The van der Waals surface area contributed by atoms with Crippen LogP contribution >= 0.6 is 18.8 Å². The Bertz CT molecular complexity index is 640. The average molecular weight is 696 g/mol. The van der Waals surface area contributed by atoms with Crippen LogP contribution in [0.3, 0.4) is 0 Å². The molecule has 0 saturated carbocycles. The van der Waals surface area contributed by atoms with Crippen LogP contribution in [0, 0.1) is 26.1 Å². The number of hydrogen-bond donors (Lipinski definition) is 2. The summed E-state index contributed by atoms with van der Waals surface area (Å²) in [4.78, 5) is 50.6. The van der Waals surface area contributed by atoms with E-state index < -0.39 is 26.7 Å². The molecule has 1 saturated heterocycles. The first-order valence-electron chi connectivity index (χ1n) is 9.70. The number of carbonyl (C=O) groups excluding carboxylic acids is 2. The summed E-state index contributed by atoms with van der Waals surface area (Å²) in [5, 5.41) is 31.2. The van der Waals surface area contributed by atoms with Gasteiger partial charge >= 0.3 is 35.3 Å². The van der Waals surface area contributed by atoms with Gasteiger partial charge in [-0.1, -0.05) is 18.9 Å². The molecule has 1 fully saturated rings. The number of nitrogens with one attached hydrogen (secondary N) is 2. The van der Waals surface area contributed by atoms with Crippen LogP contribution < -0.4 is 10.6 Å². The van der Waals surface area contributed by atoms with Crippen LogP contribution in [0.1, 0.15) is 19.3 Å². The first-order valence-corrected chi connectivity index (χ1v) is 15.3. The molecule has 0 bridgehead atoms. The standard InChI is InChI=1S/C8H14N3O4.C8H12N3O4.2ClH.Pt/c2*12-8(7-1-3-9-4-2-7)10-5-6-15-11(13)14;;;/h7H,1-6H2,(H,10,12);1H,2-6H2,(H,10,12);2*1H;/q2*-1;;;+4/p-2. The molecule has 0 spiro atoms. The van der Waals surface area contributed by atoms with Crippen molar-refractivity contribution in [2.24, 2.45) is 5.92 Å². The number of carbonyl (C=O) groups is 2. The van der Waals surface area contributed by atoms with Crippen molar-refractivity contribution in [1.82, 2.24) is 10.6 Å². The number of rotatable bonds is 10. The molecular formula is C16H26Cl2N6O8Pt. The van der Waals surface area contributed by atoms with E-state index in [2.05, 4.69) is 30.9 Å². The van der Waals surface area contributed by atoms with Crippen molar-refractivity contribution < 1.29 is 45.9 Å². The molecule has 192 valence electrons. The van der Waals surface area contributed by atoms with Gasteiger partial charge in [-0.25, -0.2) is 0 Å². The quantitative estimate of drug-likeness (QED) is 0.195. The summed E-state index contributed by atoms with van der Waals surface area (Å²) < 4.78 is 0. The van der Waals surface area contributed by atoms with Crippen molar-refractivity contribution in [3.05, 3.63) is 42.5 Å². The van der Waals surface area contributed by atoms with Gasteiger partial charge in [0, 0.05) is 24.6 Å².